The second kappa shape index (κ2) is 3.00. The highest BCUT2D eigenvalue weighted by Gasteiger charge is 2.10. The Kier molecular flexibility index (Phi) is 1.96. The molecule has 13 heavy (non-hydrogen) atoms. The summed E-state index contributed by atoms with van der Waals surface area (Å²) in [6, 6.07) is 3.74. The molecule has 0 aromatic carbocycles. The molecule has 1 unspecified atom stereocenters. The summed E-state index contributed by atoms with van der Waals surface area (Å²) in [4.78, 5) is 8.38. The highest BCUT2D eigenvalue weighted by Crippen LogP contribution is 2.22. The second-order valence-corrected chi connectivity index (χ2v) is 3.60. The van der Waals surface area contributed by atoms with Gasteiger partial charge in [0.1, 0.15) is 5.38 Å². The van der Waals surface area contributed by atoms with Crippen molar-refractivity contribution in [3.05, 3.63) is 23.7 Å². The standard InChI is InChI=1S/C9H9ClN2O/c1-5-3-4-7-8(11-5)12-9(13-7)6(2)10/h3-4,6H,1-2H3. The van der Waals surface area contributed by atoms with Gasteiger partial charge in [0.2, 0.25) is 5.89 Å². The van der Waals surface area contributed by atoms with E-state index in [0.29, 0.717) is 17.1 Å². The van der Waals surface area contributed by atoms with Crippen molar-refractivity contribution >= 4 is 22.8 Å². The van der Waals surface area contributed by atoms with Gasteiger partial charge in [-0.1, -0.05) is 0 Å². The van der Waals surface area contributed by atoms with Crippen LogP contribution in [0.15, 0.2) is 16.5 Å². The second-order valence-electron chi connectivity index (χ2n) is 2.94. The van der Waals surface area contributed by atoms with Gasteiger partial charge in [0.05, 0.1) is 0 Å². The maximum atomic E-state index is 5.83. The third-order valence-electron chi connectivity index (χ3n) is 1.75. The van der Waals surface area contributed by atoms with Crippen molar-refractivity contribution < 1.29 is 4.42 Å². The Bertz CT molecular complexity index is 436. The third kappa shape index (κ3) is 1.52. The first-order chi connectivity index (χ1) is 6.16. The van der Waals surface area contributed by atoms with E-state index in [9.17, 15) is 0 Å². The van der Waals surface area contributed by atoms with Gasteiger partial charge in [-0.25, -0.2) is 4.98 Å². The number of aryl methyl sites for hydroxylation is 1. The maximum Gasteiger partial charge on any atom is 0.214 e. The molecule has 2 heterocycles. The van der Waals surface area contributed by atoms with E-state index in [2.05, 4.69) is 9.97 Å². The minimum Gasteiger partial charge on any atom is -0.437 e. The molecule has 0 spiro atoms. The smallest absolute Gasteiger partial charge is 0.214 e. The van der Waals surface area contributed by atoms with E-state index in [1.54, 1.807) is 0 Å². The molecule has 0 aliphatic heterocycles. The zero-order valence-electron chi connectivity index (χ0n) is 7.41. The fourth-order valence-corrected chi connectivity index (χ4v) is 1.19. The van der Waals surface area contributed by atoms with Crippen molar-refractivity contribution in [1.82, 2.24) is 9.97 Å². The molecule has 0 bridgehead atoms. The molecule has 0 amide bonds. The summed E-state index contributed by atoms with van der Waals surface area (Å²) in [5.74, 6) is 0.523. The van der Waals surface area contributed by atoms with Crippen LogP contribution < -0.4 is 0 Å². The van der Waals surface area contributed by atoms with E-state index in [-0.39, 0.29) is 5.38 Å². The summed E-state index contributed by atoms with van der Waals surface area (Å²) in [5.41, 5.74) is 2.24. The fraction of sp³-hybridized carbons (Fsp3) is 0.333. The van der Waals surface area contributed by atoms with Gasteiger partial charge in [0.15, 0.2) is 11.2 Å². The summed E-state index contributed by atoms with van der Waals surface area (Å²) in [7, 11) is 0. The molecule has 0 N–H and O–H groups in total. The first-order valence-electron chi connectivity index (χ1n) is 4.05. The lowest BCUT2D eigenvalue weighted by Gasteiger charge is -1.90. The number of alkyl halides is 1. The van der Waals surface area contributed by atoms with E-state index in [1.807, 2.05) is 26.0 Å². The molecule has 0 saturated heterocycles. The fourth-order valence-electron chi connectivity index (χ4n) is 1.10. The SMILES string of the molecule is Cc1ccc2oc(C(C)Cl)nc2n1. The van der Waals surface area contributed by atoms with Gasteiger partial charge in [0, 0.05) is 5.69 Å². The molecule has 2 rings (SSSR count). The summed E-state index contributed by atoms with van der Waals surface area (Å²) in [5, 5.41) is -0.213. The Hall–Kier alpha value is -1.09. The highest BCUT2D eigenvalue weighted by molar-refractivity contribution is 6.20. The van der Waals surface area contributed by atoms with Gasteiger partial charge in [-0.05, 0) is 26.0 Å². The van der Waals surface area contributed by atoms with Gasteiger partial charge >= 0.3 is 0 Å². The van der Waals surface area contributed by atoms with Crippen molar-refractivity contribution in [2.24, 2.45) is 0 Å². The molecule has 1 atom stereocenters. The molecule has 2 aromatic heterocycles. The molecule has 4 heteroatoms. The number of hydrogen-bond acceptors (Lipinski definition) is 3. The minimum atomic E-state index is -0.213. The van der Waals surface area contributed by atoms with E-state index < -0.39 is 0 Å². The van der Waals surface area contributed by atoms with Gasteiger partial charge < -0.3 is 4.42 Å². The lowest BCUT2D eigenvalue weighted by molar-refractivity contribution is 0.531. The van der Waals surface area contributed by atoms with Crippen LogP contribution in [-0.4, -0.2) is 9.97 Å². The van der Waals surface area contributed by atoms with Crippen LogP contribution in [0.1, 0.15) is 23.9 Å². The number of halogens is 1. The lowest BCUT2D eigenvalue weighted by Crippen LogP contribution is -1.83. The molecule has 0 radical (unpaired) electrons. The van der Waals surface area contributed by atoms with Crippen LogP contribution in [-0.2, 0) is 0 Å². The molecule has 68 valence electrons. The van der Waals surface area contributed by atoms with Gasteiger partial charge in [-0.3, -0.25) is 0 Å². The number of oxazole rings is 1. The molecule has 3 nitrogen and oxygen atoms in total. The average Bonchev–Trinajstić information content (AvgIpc) is 2.46. The number of rotatable bonds is 1. The average molecular weight is 197 g/mol. The molecular formula is C9H9ClN2O. The molecule has 0 fully saturated rings. The third-order valence-corrected chi connectivity index (χ3v) is 1.94. The van der Waals surface area contributed by atoms with E-state index in [1.165, 1.54) is 0 Å². The Morgan fingerprint density at radius 2 is 2.15 bits per heavy atom. The van der Waals surface area contributed by atoms with Crippen molar-refractivity contribution in [2.45, 2.75) is 19.2 Å². The van der Waals surface area contributed by atoms with Crippen LogP contribution in [0.2, 0.25) is 0 Å². The van der Waals surface area contributed by atoms with Gasteiger partial charge in [-0.2, -0.15) is 4.98 Å². The highest BCUT2D eigenvalue weighted by atomic mass is 35.5. The predicted octanol–water partition coefficient (Wildman–Crippen LogP) is 2.83. The minimum absolute atomic E-state index is 0.213. The van der Waals surface area contributed by atoms with Crippen LogP contribution in [0.4, 0.5) is 0 Å². The van der Waals surface area contributed by atoms with Crippen molar-refractivity contribution in [3.8, 4) is 0 Å². The van der Waals surface area contributed by atoms with Crippen molar-refractivity contribution in [1.29, 1.82) is 0 Å². The molecule has 0 saturated carbocycles. The largest absolute Gasteiger partial charge is 0.437 e. The quantitative estimate of drug-likeness (QED) is 0.659. The number of fused-ring (bicyclic) bond motifs is 1. The monoisotopic (exact) mass is 196 g/mol. The first kappa shape index (κ1) is 8.51. The van der Waals surface area contributed by atoms with Crippen LogP contribution in [0.5, 0.6) is 0 Å². The van der Waals surface area contributed by atoms with Crippen LogP contribution in [0.3, 0.4) is 0 Å². The van der Waals surface area contributed by atoms with Gasteiger partial charge in [0.25, 0.3) is 0 Å². The Labute approximate surface area is 80.7 Å². The zero-order valence-corrected chi connectivity index (χ0v) is 8.17. The van der Waals surface area contributed by atoms with Crippen LogP contribution >= 0.6 is 11.6 Å². The van der Waals surface area contributed by atoms with Crippen LogP contribution in [0, 0.1) is 6.92 Å². The van der Waals surface area contributed by atoms with Crippen LogP contribution in [0.25, 0.3) is 11.2 Å². The normalized spacial score (nSPS) is 13.5. The Morgan fingerprint density at radius 3 is 2.85 bits per heavy atom. The van der Waals surface area contributed by atoms with Crippen molar-refractivity contribution in [2.75, 3.05) is 0 Å². The maximum absolute atomic E-state index is 5.83. The lowest BCUT2D eigenvalue weighted by atomic mass is 10.4. The number of pyridine rings is 1. The predicted molar refractivity (Wildman–Crippen MR) is 50.8 cm³/mol. The Balaban J connectivity index is 2.62. The van der Waals surface area contributed by atoms with Gasteiger partial charge in [-0.15, -0.1) is 11.6 Å². The first-order valence-corrected chi connectivity index (χ1v) is 4.48. The Morgan fingerprint density at radius 1 is 1.38 bits per heavy atom. The number of aromatic nitrogens is 2. The topological polar surface area (TPSA) is 38.9 Å². The summed E-state index contributed by atoms with van der Waals surface area (Å²) in [6.07, 6.45) is 0. The summed E-state index contributed by atoms with van der Waals surface area (Å²) >= 11 is 5.83. The molecule has 2 aromatic rings. The van der Waals surface area contributed by atoms with Crippen molar-refractivity contribution in [3.63, 3.8) is 0 Å². The summed E-state index contributed by atoms with van der Waals surface area (Å²) < 4.78 is 5.38. The molecule has 0 aliphatic carbocycles. The van der Waals surface area contributed by atoms with E-state index in [0.717, 1.165) is 5.69 Å². The molecular weight excluding hydrogens is 188 g/mol. The number of hydrogen-bond donors (Lipinski definition) is 0. The van der Waals surface area contributed by atoms with E-state index >= 15 is 0 Å². The summed E-state index contributed by atoms with van der Waals surface area (Å²) in [6.45, 7) is 3.73. The van der Waals surface area contributed by atoms with E-state index in [4.69, 9.17) is 16.0 Å². The zero-order chi connectivity index (χ0) is 9.42. The number of nitrogens with zero attached hydrogens (tertiary/aromatic N) is 2. The molecule has 0 aliphatic rings.